The number of nitrogens with two attached hydrogens (primary N) is 1. The summed E-state index contributed by atoms with van der Waals surface area (Å²) in [5, 5.41) is 11.2. The summed E-state index contributed by atoms with van der Waals surface area (Å²) < 4.78 is 12.7. The molecule has 0 aliphatic carbocycles. The SMILES string of the molecule is CC(Sc1nnc(-c2ccco2)n1CCC(N)=O)c1nc2scc(-c3ccco3)c2c(=O)[nH]1. The molecule has 5 aromatic rings. The number of amides is 1. The van der Waals surface area contributed by atoms with E-state index in [9.17, 15) is 9.59 Å². The predicted octanol–water partition coefficient (Wildman–Crippen LogP) is 3.82. The number of carbonyl (C=O) groups excluding carboxylic acids is 1. The Balaban J connectivity index is 1.46. The Labute approximate surface area is 194 Å². The highest BCUT2D eigenvalue weighted by Gasteiger charge is 2.22. The van der Waals surface area contributed by atoms with Crippen LogP contribution in [0.5, 0.6) is 0 Å². The number of H-pyrrole nitrogens is 1. The van der Waals surface area contributed by atoms with Crippen LogP contribution in [0.1, 0.15) is 24.4 Å². The number of hydrogen-bond donors (Lipinski definition) is 2. The van der Waals surface area contributed by atoms with Crippen molar-refractivity contribution < 1.29 is 13.6 Å². The number of aromatic nitrogens is 5. The maximum atomic E-state index is 12.9. The van der Waals surface area contributed by atoms with Crippen molar-refractivity contribution in [2.24, 2.45) is 5.73 Å². The molecule has 12 heteroatoms. The number of furan rings is 2. The van der Waals surface area contributed by atoms with E-state index in [0.29, 0.717) is 45.1 Å². The number of fused-ring (bicyclic) bond motifs is 1. The minimum atomic E-state index is -0.431. The van der Waals surface area contributed by atoms with E-state index in [1.54, 1.807) is 35.3 Å². The molecule has 3 N–H and O–H groups in total. The van der Waals surface area contributed by atoms with Crippen LogP contribution in [0.25, 0.3) is 33.1 Å². The zero-order valence-electron chi connectivity index (χ0n) is 17.3. The fourth-order valence-corrected chi connectivity index (χ4v) is 5.24. The van der Waals surface area contributed by atoms with E-state index in [1.807, 2.05) is 18.4 Å². The van der Waals surface area contributed by atoms with Gasteiger partial charge in [-0.05, 0) is 31.2 Å². The maximum Gasteiger partial charge on any atom is 0.260 e. The zero-order valence-corrected chi connectivity index (χ0v) is 19.0. The number of thioether (sulfide) groups is 1. The highest BCUT2D eigenvalue weighted by atomic mass is 32.2. The topological polar surface area (TPSA) is 146 Å². The largest absolute Gasteiger partial charge is 0.464 e. The second-order valence-corrected chi connectivity index (χ2v) is 9.34. The molecule has 0 aliphatic rings. The third kappa shape index (κ3) is 4.10. The molecule has 0 bridgehead atoms. The van der Waals surface area contributed by atoms with Crippen LogP contribution in [0.2, 0.25) is 0 Å². The first-order valence-electron chi connectivity index (χ1n) is 9.98. The smallest absolute Gasteiger partial charge is 0.260 e. The van der Waals surface area contributed by atoms with Crippen molar-refractivity contribution in [3.8, 4) is 22.9 Å². The van der Waals surface area contributed by atoms with Gasteiger partial charge in [0.2, 0.25) is 5.91 Å². The van der Waals surface area contributed by atoms with Gasteiger partial charge in [-0.2, -0.15) is 0 Å². The summed E-state index contributed by atoms with van der Waals surface area (Å²) in [6, 6.07) is 7.10. The summed E-state index contributed by atoms with van der Waals surface area (Å²) in [6.45, 7) is 2.21. The van der Waals surface area contributed by atoms with Crippen LogP contribution in [0.15, 0.2) is 61.0 Å². The van der Waals surface area contributed by atoms with Crippen LogP contribution >= 0.6 is 23.1 Å². The molecule has 33 heavy (non-hydrogen) atoms. The fourth-order valence-electron chi connectivity index (χ4n) is 3.37. The molecule has 10 nitrogen and oxygen atoms in total. The average molecular weight is 483 g/mol. The van der Waals surface area contributed by atoms with Gasteiger partial charge in [0.15, 0.2) is 16.7 Å². The van der Waals surface area contributed by atoms with Gasteiger partial charge in [-0.25, -0.2) is 4.98 Å². The number of thiophene rings is 1. The maximum absolute atomic E-state index is 12.9. The van der Waals surface area contributed by atoms with E-state index in [2.05, 4.69) is 20.2 Å². The van der Waals surface area contributed by atoms with E-state index in [1.165, 1.54) is 23.1 Å². The third-order valence-electron chi connectivity index (χ3n) is 4.96. The van der Waals surface area contributed by atoms with Gasteiger partial charge in [0.25, 0.3) is 5.56 Å². The number of hydrogen-bond acceptors (Lipinski definition) is 9. The molecule has 0 saturated heterocycles. The van der Waals surface area contributed by atoms with Crippen LogP contribution < -0.4 is 11.3 Å². The molecule has 0 radical (unpaired) electrons. The molecule has 5 heterocycles. The molecule has 1 atom stereocenters. The second-order valence-electron chi connectivity index (χ2n) is 7.17. The summed E-state index contributed by atoms with van der Waals surface area (Å²) >= 11 is 2.75. The number of aromatic amines is 1. The Kier molecular flexibility index (Phi) is 5.60. The van der Waals surface area contributed by atoms with Crippen molar-refractivity contribution in [3.63, 3.8) is 0 Å². The molecule has 0 aromatic carbocycles. The van der Waals surface area contributed by atoms with Gasteiger partial charge >= 0.3 is 0 Å². The first kappa shape index (κ1) is 21.2. The molecule has 0 saturated carbocycles. The van der Waals surface area contributed by atoms with Gasteiger partial charge in [0.05, 0.1) is 23.2 Å². The summed E-state index contributed by atoms with van der Waals surface area (Å²) in [4.78, 5) is 32.5. The Morgan fingerprint density at radius 2 is 2.00 bits per heavy atom. The van der Waals surface area contributed by atoms with Gasteiger partial charge in [-0.15, -0.1) is 21.5 Å². The molecule has 0 spiro atoms. The lowest BCUT2D eigenvalue weighted by atomic mass is 10.2. The van der Waals surface area contributed by atoms with Gasteiger partial charge < -0.3 is 19.6 Å². The molecule has 1 amide bonds. The van der Waals surface area contributed by atoms with E-state index in [4.69, 9.17) is 14.6 Å². The van der Waals surface area contributed by atoms with Gasteiger partial charge in [-0.3, -0.25) is 14.2 Å². The quantitative estimate of drug-likeness (QED) is 0.317. The lowest BCUT2D eigenvalue weighted by Gasteiger charge is -2.12. The van der Waals surface area contributed by atoms with Crippen molar-refractivity contribution in [2.75, 3.05) is 0 Å². The standard InChI is InChI=1S/C21H18N6O4S2/c1-11(17-23-19(29)16-12(10-32-20(16)24-17)13-4-2-8-30-13)33-21-26-25-18(14-5-3-9-31-14)27(21)7-6-15(22)28/h2-5,8-11H,6-7H2,1H3,(H2,22,28)(H,23,24,29). The van der Waals surface area contributed by atoms with E-state index in [-0.39, 0.29) is 17.2 Å². The normalized spacial score (nSPS) is 12.4. The molecular weight excluding hydrogens is 464 g/mol. The highest BCUT2D eigenvalue weighted by molar-refractivity contribution is 7.99. The lowest BCUT2D eigenvalue weighted by molar-refractivity contribution is -0.118. The number of nitrogens with zero attached hydrogens (tertiary/aromatic N) is 4. The van der Waals surface area contributed by atoms with Gasteiger partial charge in [-0.1, -0.05) is 11.8 Å². The lowest BCUT2D eigenvalue weighted by Crippen LogP contribution is -2.15. The molecule has 1 unspecified atom stereocenters. The van der Waals surface area contributed by atoms with Crippen LogP contribution in [-0.2, 0) is 11.3 Å². The van der Waals surface area contributed by atoms with E-state index < -0.39 is 5.91 Å². The molecule has 0 aliphatic heterocycles. The molecule has 5 aromatic heterocycles. The third-order valence-corrected chi connectivity index (χ3v) is 6.92. The zero-order chi connectivity index (χ0) is 22.9. The Bertz CT molecular complexity index is 1470. The molecule has 168 valence electrons. The van der Waals surface area contributed by atoms with Gasteiger partial charge in [0.1, 0.15) is 16.4 Å². The Morgan fingerprint density at radius 3 is 2.70 bits per heavy atom. The van der Waals surface area contributed by atoms with Crippen molar-refractivity contribution in [1.82, 2.24) is 24.7 Å². The number of rotatable bonds is 8. The predicted molar refractivity (Wildman–Crippen MR) is 124 cm³/mol. The van der Waals surface area contributed by atoms with Crippen molar-refractivity contribution in [3.05, 3.63) is 58.4 Å². The summed E-state index contributed by atoms with van der Waals surface area (Å²) in [6.07, 6.45) is 3.23. The van der Waals surface area contributed by atoms with E-state index >= 15 is 0 Å². The monoisotopic (exact) mass is 482 g/mol. The highest BCUT2D eigenvalue weighted by Crippen LogP contribution is 2.36. The van der Waals surface area contributed by atoms with Crippen LogP contribution in [0.4, 0.5) is 0 Å². The summed E-state index contributed by atoms with van der Waals surface area (Å²) in [5.41, 5.74) is 5.83. The minimum Gasteiger partial charge on any atom is -0.464 e. The number of nitrogens with one attached hydrogen (secondary N) is 1. The van der Waals surface area contributed by atoms with Crippen LogP contribution in [-0.4, -0.2) is 30.6 Å². The van der Waals surface area contributed by atoms with Crippen molar-refractivity contribution in [1.29, 1.82) is 0 Å². The second kappa shape index (κ2) is 8.71. The first-order chi connectivity index (χ1) is 16.0. The number of primary amides is 1. The number of carbonyl (C=O) groups is 1. The molecular formula is C21H18N6O4S2. The fraction of sp³-hybridized carbons (Fsp3) is 0.190. The summed E-state index contributed by atoms with van der Waals surface area (Å²) in [5.74, 6) is 1.73. The molecule has 5 rings (SSSR count). The summed E-state index contributed by atoms with van der Waals surface area (Å²) in [7, 11) is 0. The van der Waals surface area contributed by atoms with Crippen LogP contribution in [0.3, 0.4) is 0 Å². The van der Waals surface area contributed by atoms with E-state index in [0.717, 1.165) is 5.56 Å². The van der Waals surface area contributed by atoms with Gasteiger partial charge in [0, 0.05) is 23.9 Å². The van der Waals surface area contributed by atoms with Crippen molar-refractivity contribution >= 4 is 39.2 Å². The van der Waals surface area contributed by atoms with Crippen molar-refractivity contribution in [2.45, 2.75) is 30.3 Å². The average Bonchev–Trinajstić information content (AvgIpc) is 3.58. The Hall–Kier alpha value is -3.64. The molecule has 0 fully saturated rings. The first-order valence-corrected chi connectivity index (χ1v) is 11.7. The minimum absolute atomic E-state index is 0.124. The Morgan fingerprint density at radius 1 is 1.24 bits per heavy atom. The van der Waals surface area contributed by atoms with Crippen LogP contribution in [0, 0.1) is 0 Å².